The molecule has 0 aromatic rings. The fourth-order valence-corrected chi connectivity index (χ4v) is 4.19. The summed E-state index contributed by atoms with van der Waals surface area (Å²) < 4.78 is 4.91. The Kier molecular flexibility index (Phi) is 5.19. The van der Waals surface area contributed by atoms with E-state index in [2.05, 4.69) is 19.6 Å². The summed E-state index contributed by atoms with van der Waals surface area (Å²) in [6.45, 7) is 9.80. The molecular formula is C11H22O4Si. The van der Waals surface area contributed by atoms with Crippen molar-refractivity contribution in [3.05, 3.63) is 0 Å². The maximum absolute atomic E-state index is 11.8. The van der Waals surface area contributed by atoms with Crippen molar-refractivity contribution in [3.8, 4) is 0 Å². The second-order valence-electron chi connectivity index (χ2n) is 5.20. The zero-order valence-corrected chi connectivity index (χ0v) is 11.8. The molecule has 0 aliphatic carbocycles. The molecule has 1 atom stereocenters. The van der Waals surface area contributed by atoms with E-state index in [-0.39, 0.29) is 13.0 Å². The molecule has 0 radical (unpaired) electrons. The van der Waals surface area contributed by atoms with Gasteiger partial charge in [-0.1, -0.05) is 26.6 Å². The molecule has 0 amide bonds. The van der Waals surface area contributed by atoms with Crippen molar-refractivity contribution in [2.24, 2.45) is 5.41 Å². The second-order valence-corrected chi connectivity index (χ2v) is 10.7. The number of hydrogen-bond acceptors (Lipinski definition) is 3. The first-order chi connectivity index (χ1) is 7.19. The molecule has 4 nitrogen and oxygen atoms in total. The summed E-state index contributed by atoms with van der Waals surface area (Å²) in [6.07, 6.45) is 0.283. The number of hydrogen-bond donors (Lipinski definition) is 1. The molecule has 0 rings (SSSR count). The fraction of sp³-hybridized carbons (Fsp3) is 0.818. The standard InChI is InChI=1S/C11H22O4Si/c1-6-11(9(12)13,8-16(3,4)5)10(14)15-7-2/h6-8H2,1-5H3,(H,12,13). The van der Waals surface area contributed by atoms with Gasteiger partial charge in [-0.15, -0.1) is 0 Å². The molecule has 94 valence electrons. The minimum absolute atomic E-state index is 0.222. The second kappa shape index (κ2) is 5.47. The molecule has 5 heteroatoms. The molecule has 1 N–H and O–H groups in total. The van der Waals surface area contributed by atoms with Gasteiger partial charge in [-0.25, -0.2) is 0 Å². The van der Waals surface area contributed by atoms with Crippen LogP contribution in [0.25, 0.3) is 0 Å². The molecule has 0 saturated heterocycles. The van der Waals surface area contributed by atoms with Crippen molar-refractivity contribution in [1.82, 2.24) is 0 Å². The lowest BCUT2D eigenvalue weighted by Gasteiger charge is -2.31. The fourth-order valence-electron chi connectivity index (χ4n) is 1.83. The van der Waals surface area contributed by atoms with Gasteiger partial charge in [0, 0.05) is 8.07 Å². The average Bonchev–Trinajstić information content (AvgIpc) is 2.12. The van der Waals surface area contributed by atoms with Crippen LogP contribution >= 0.6 is 0 Å². The van der Waals surface area contributed by atoms with Gasteiger partial charge in [0.25, 0.3) is 0 Å². The molecule has 0 aromatic carbocycles. The van der Waals surface area contributed by atoms with Crippen LogP contribution in [0.1, 0.15) is 20.3 Å². The highest BCUT2D eigenvalue weighted by Crippen LogP contribution is 2.34. The van der Waals surface area contributed by atoms with Crippen molar-refractivity contribution < 1.29 is 19.4 Å². The molecule has 0 aliphatic heterocycles. The lowest BCUT2D eigenvalue weighted by Crippen LogP contribution is -2.45. The van der Waals surface area contributed by atoms with Crippen molar-refractivity contribution in [3.63, 3.8) is 0 Å². The van der Waals surface area contributed by atoms with Crippen LogP contribution in [0.15, 0.2) is 0 Å². The van der Waals surface area contributed by atoms with Crippen LogP contribution in [0.4, 0.5) is 0 Å². The van der Waals surface area contributed by atoms with Crippen LogP contribution < -0.4 is 0 Å². The summed E-state index contributed by atoms with van der Waals surface area (Å²) in [5, 5.41) is 9.31. The molecular weight excluding hydrogens is 224 g/mol. The Morgan fingerprint density at radius 2 is 1.75 bits per heavy atom. The zero-order valence-electron chi connectivity index (χ0n) is 10.8. The van der Waals surface area contributed by atoms with Gasteiger partial charge in [0.2, 0.25) is 0 Å². The van der Waals surface area contributed by atoms with Crippen LogP contribution in [0, 0.1) is 5.41 Å². The van der Waals surface area contributed by atoms with Crippen molar-refractivity contribution in [1.29, 1.82) is 0 Å². The SMILES string of the molecule is CCOC(=O)C(CC)(C[Si](C)(C)C)C(=O)O. The predicted octanol–water partition coefficient (Wildman–Crippen LogP) is 2.37. The van der Waals surface area contributed by atoms with E-state index in [9.17, 15) is 14.7 Å². The first-order valence-corrected chi connectivity index (χ1v) is 9.31. The molecule has 0 aliphatic rings. The molecule has 1 unspecified atom stereocenters. The van der Waals surface area contributed by atoms with E-state index < -0.39 is 25.4 Å². The van der Waals surface area contributed by atoms with Gasteiger partial charge in [-0.3, -0.25) is 9.59 Å². The van der Waals surface area contributed by atoms with Crippen molar-refractivity contribution in [2.75, 3.05) is 6.61 Å². The van der Waals surface area contributed by atoms with E-state index in [1.54, 1.807) is 13.8 Å². The largest absolute Gasteiger partial charge is 0.480 e. The Hall–Kier alpha value is -0.843. The third-order valence-corrected chi connectivity index (χ3v) is 4.18. The van der Waals surface area contributed by atoms with Crippen LogP contribution in [-0.2, 0) is 14.3 Å². The van der Waals surface area contributed by atoms with Crippen LogP contribution in [-0.4, -0.2) is 31.7 Å². The number of ether oxygens (including phenoxy) is 1. The number of carbonyl (C=O) groups excluding carboxylic acids is 1. The Morgan fingerprint density at radius 1 is 1.25 bits per heavy atom. The highest BCUT2D eigenvalue weighted by atomic mass is 28.3. The van der Waals surface area contributed by atoms with E-state index in [1.807, 2.05) is 0 Å². The number of aliphatic carboxylic acids is 1. The first-order valence-electron chi connectivity index (χ1n) is 5.60. The minimum atomic E-state index is -1.65. The zero-order chi connectivity index (χ0) is 13.0. The van der Waals surface area contributed by atoms with Crippen LogP contribution in [0.3, 0.4) is 0 Å². The molecule has 16 heavy (non-hydrogen) atoms. The molecule has 0 aromatic heterocycles. The lowest BCUT2D eigenvalue weighted by molar-refractivity contribution is -0.167. The highest BCUT2D eigenvalue weighted by Gasteiger charge is 2.48. The van der Waals surface area contributed by atoms with Crippen molar-refractivity contribution in [2.45, 2.75) is 46.0 Å². The maximum Gasteiger partial charge on any atom is 0.323 e. The van der Waals surface area contributed by atoms with Gasteiger partial charge < -0.3 is 9.84 Å². The van der Waals surface area contributed by atoms with E-state index in [0.29, 0.717) is 6.04 Å². The van der Waals surface area contributed by atoms with Crippen molar-refractivity contribution >= 4 is 20.0 Å². The number of carboxylic acid groups (broad SMARTS) is 1. The van der Waals surface area contributed by atoms with E-state index >= 15 is 0 Å². The Morgan fingerprint density at radius 3 is 2.00 bits per heavy atom. The average molecular weight is 246 g/mol. The normalized spacial score (nSPS) is 15.3. The summed E-state index contributed by atoms with van der Waals surface area (Å²) in [5.74, 6) is -1.65. The molecule has 0 fully saturated rings. The monoisotopic (exact) mass is 246 g/mol. The Bertz CT molecular complexity index is 270. The summed E-state index contributed by atoms with van der Waals surface area (Å²) in [4.78, 5) is 23.2. The topological polar surface area (TPSA) is 63.6 Å². The highest BCUT2D eigenvalue weighted by molar-refractivity contribution is 6.76. The third-order valence-electron chi connectivity index (χ3n) is 2.51. The summed E-state index contributed by atoms with van der Waals surface area (Å²) in [5.41, 5.74) is -1.35. The van der Waals surface area contributed by atoms with E-state index in [0.717, 1.165) is 0 Å². The number of rotatable bonds is 6. The first kappa shape index (κ1) is 15.2. The van der Waals surface area contributed by atoms with E-state index in [1.165, 1.54) is 0 Å². The number of carboxylic acids is 1. The van der Waals surface area contributed by atoms with Gasteiger partial charge in [-0.05, 0) is 19.4 Å². The predicted molar refractivity (Wildman–Crippen MR) is 65.1 cm³/mol. The van der Waals surface area contributed by atoms with Gasteiger partial charge in [0.1, 0.15) is 0 Å². The molecule has 0 spiro atoms. The van der Waals surface area contributed by atoms with Gasteiger partial charge in [-0.2, -0.15) is 0 Å². The Balaban J connectivity index is 5.16. The van der Waals surface area contributed by atoms with Gasteiger partial charge >= 0.3 is 11.9 Å². The molecule has 0 bridgehead atoms. The minimum Gasteiger partial charge on any atom is -0.480 e. The maximum atomic E-state index is 11.8. The molecule has 0 saturated carbocycles. The van der Waals surface area contributed by atoms with E-state index in [4.69, 9.17) is 4.74 Å². The summed E-state index contributed by atoms with van der Waals surface area (Å²) in [6, 6.07) is 0.421. The Labute approximate surface area is 98.0 Å². The lowest BCUT2D eigenvalue weighted by atomic mass is 9.87. The van der Waals surface area contributed by atoms with Crippen LogP contribution in [0.5, 0.6) is 0 Å². The smallest absolute Gasteiger partial charge is 0.323 e. The quantitative estimate of drug-likeness (QED) is 0.444. The summed E-state index contributed by atoms with van der Waals surface area (Å²) in [7, 11) is -1.65. The van der Waals surface area contributed by atoms with Gasteiger partial charge in [0.15, 0.2) is 5.41 Å². The van der Waals surface area contributed by atoms with Gasteiger partial charge in [0.05, 0.1) is 6.61 Å². The molecule has 0 heterocycles. The third kappa shape index (κ3) is 3.63. The number of esters is 1. The number of carbonyl (C=O) groups is 2. The van der Waals surface area contributed by atoms with Crippen LogP contribution in [0.2, 0.25) is 25.7 Å². The summed E-state index contributed by atoms with van der Waals surface area (Å²) >= 11 is 0.